The van der Waals surface area contributed by atoms with Crippen molar-refractivity contribution >= 4 is 23.4 Å². The molecule has 1 aliphatic carbocycles. The molecular formula is C34H50N4O4. The van der Waals surface area contributed by atoms with E-state index >= 15 is 0 Å². The van der Waals surface area contributed by atoms with Crippen molar-refractivity contribution in [2.45, 2.75) is 96.9 Å². The third kappa shape index (κ3) is 5.77. The highest BCUT2D eigenvalue weighted by molar-refractivity contribution is 6.02. The van der Waals surface area contributed by atoms with Gasteiger partial charge in [0, 0.05) is 18.3 Å². The van der Waals surface area contributed by atoms with E-state index in [9.17, 15) is 14.4 Å². The number of hydrogen-bond acceptors (Lipinski definition) is 5. The molecule has 3 heterocycles. The lowest BCUT2D eigenvalue weighted by atomic mass is 9.73. The summed E-state index contributed by atoms with van der Waals surface area (Å²) in [5, 5.41) is 6.41. The van der Waals surface area contributed by atoms with Crippen molar-refractivity contribution in [3.8, 4) is 0 Å². The molecule has 4 aliphatic rings. The van der Waals surface area contributed by atoms with Gasteiger partial charge in [-0.1, -0.05) is 58.3 Å². The van der Waals surface area contributed by atoms with Crippen LogP contribution < -0.4 is 10.6 Å². The number of fused-ring (bicyclic) bond motifs is 1. The number of unbranched alkanes of at least 4 members (excludes halogenated alkanes) is 1. The fourth-order valence-electron chi connectivity index (χ4n) is 7.88. The molecule has 1 saturated carbocycles. The Balaban J connectivity index is 1.40. The summed E-state index contributed by atoms with van der Waals surface area (Å²) in [5.41, 5.74) is 1.70. The first-order valence-electron chi connectivity index (χ1n) is 16.1. The molecule has 1 spiro atoms. The van der Waals surface area contributed by atoms with E-state index in [1.165, 1.54) is 6.42 Å². The first-order valence-corrected chi connectivity index (χ1v) is 16.1. The SMILES string of the molecule is CCCCN(C)CCCN1C(=O)[C@H]2[C@H](C(=O)Nc3cc(C)cc(C)c3)[C@H]3C=C[C@@]2(O3)[C@@H]1C(=O)N[C@@H]1CCC[C@@H](C)[C@H]1C. The highest BCUT2D eigenvalue weighted by atomic mass is 16.5. The van der Waals surface area contributed by atoms with Gasteiger partial charge in [-0.2, -0.15) is 0 Å². The molecule has 0 radical (unpaired) electrons. The van der Waals surface area contributed by atoms with Crippen molar-refractivity contribution in [2.24, 2.45) is 23.7 Å². The van der Waals surface area contributed by atoms with Gasteiger partial charge < -0.3 is 25.2 Å². The zero-order valence-electron chi connectivity index (χ0n) is 26.3. The Morgan fingerprint density at radius 1 is 1.07 bits per heavy atom. The fourth-order valence-corrected chi connectivity index (χ4v) is 7.88. The van der Waals surface area contributed by atoms with Crippen molar-refractivity contribution in [3.05, 3.63) is 41.5 Å². The largest absolute Gasteiger partial charge is 0.359 e. The van der Waals surface area contributed by atoms with Crippen LogP contribution in [0.1, 0.15) is 70.4 Å². The molecule has 2 saturated heterocycles. The maximum absolute atomic E-state index is 14.3. The van der Waals surface area contributed by atoms with E-state index in [0.29, 0.717) is 24.1 Å². The van der Waals surface area contributed by atoms with Crippen LogP contribution in [0.4, 0.5) is 5.69 Å². The zero-order valence-corrected chi connectivity index (χ0v) is 26.3. The van der Waals surface area contributed by atoms with Crippen molar-refractivity contribution in [3.63, 3.8) is 0 Å². The number of hydrogen-bond donors (Lipinski definition) is 2. The van der Waals surface area contributed by atoms with Crippen LogP contribution in [0.2, 0.25) is 0 Å². The molecule has 1 aromatic carbocycles. The molecule has 0 aromatic heterocycles. The first-order chi connectivity index (χ1) is 20.1. The van der Waals surface area contributed by atoms with E-state index in [-0.39, 0.29) is 23.8 Å². The number of nitrogens with zero attached hydrogens (tertiary/aromatic N) is 2. The Hall–Kier alpha value is -2.71. The summed E-state index contributed by atoms with van der Waals surface area (Å²) in [4.78, 5) is 46.3. The van der Waals surface area contributed by atoms with Crippen LogP contribution in [0.25, 0.3) is 0 Å². The Morgan fingerprint density at radius 2 is 1.79 bits per heavy atom. The van der Waals surface area contributed by atoms with Crippen LogP contribution in [0.5, 0.6) is 0 Å². The van der Waals surface area contributed by atoms with Crippen LogP contribution in [-0.4, -0.2) is 78.0 Å². The normalized spacial score (nSPS) is 33.4. The first kappa shape index (κ1) is 30.7. The third-order valence-electron chi connectivity index (χ3n) is 10.3. The zero-order chi connectivity index (χ0) is 30.2. The minimum Gasteiger partial charge on any atom is -0.359 e. The maximum Gasteiger partial charge on any atom is 0.246 e. The second kappa shape index (κ2) is 12.5. The smallest absolute Gasteiger partial charge is 0.246 e. The molecule has 230 valence electrons. The summed E-state index contributed by atoms with van der Waals surface area (Å²) in [7, 11) is 2.10. The number of anilines is 1. The highest BCUT2D eigenvalue weighted by Crippen LogP contribution is 2.55. The molecule has 8 nitrogen and oxygen atoms in total. The number of likely N-dealkylation sites (tertiary alicyclic amines) is 1. The van der Waals surface area contributed by atoms with Crippen molar-refractivity contribution < 1.29 is 19.1 Å². The average molecular weight is 579 g/mol. The molecule has 2 N–H and O–H groups in total. The lowest BCUT2D eigenvalue weighted by Crippen LogP contribution is -2.58. The molecular weight excluding hydrogens is 528 g/mol. The molecule has 3 fully saturated rings. The summed E-state index contributed by atoms with van der Waals surface area (Å²) in [6.07, 6.45) is 9.48. The van der Waals surface area contributed by atoms with Crippen molar-refractivity contribution in [1.82, 2.24) is 15.1 Å². The van der Waals surface area contributed by atoms with E-state index in [1.807, 2.05) is 38.1 Å². The number of amides is 3. The van der Waals surface area contributed by atoms with Crippen LogP contribution in [0, 0.1) is 37.5 Å². The van der Waals surface area contributed by atoms with E-state index in [1.54, 1.807) is 4.90 Å². The molecule has 2 bridgehead atoms. The summed E-state index contributed by atoms with van der Waals surface area (Å²) in [5.74, 6) is -1.06. The second-order valence-electron chi connectivity index (χ2n) is 13.5. The Bertz CT molecular complexity index is 1200. The summed E-state index contributed by atoms with van der Waals surface area (Å²) < 4.78 is 6.55. The standard InChI is InChI=1S/C34H50N4O4/c1-7-8-15-37(6)16-10-17-38-30(32(40)36-26-12-9-11-23(4)24(26)5)34-14-13-27(42-34)28(29(34)33(38)41)31(39)35-25-19-21(2)18-22(3)20-25/h13-14,18-20,23-24,26-30H,7-12,15-17H2,1-6H3,(H,35,39)(H,36,40)/t23-,24-,26-,27-,28-,29-,30+,34+/m1/s1. The van der Waals surface area contributed by atoms with Crippen LogP contribution in [0.3, 0.4) is 0 Å². The number of benzene rings is 1. The highest BCUT2D eigenvalue weighted by Gasteiger charge is 2.72. The quantitative estimate of drug-likeness (QED) is 0.379. The lowest BCUT2D eigenvalue weighted by molar-refractivity contribution is -0.141. The number of nitrogens with one attached hydrogen (secondary N) is 2. The Morgan fingerprint density at radius 3 is 2.50 bits per heavy atom. The van der Waals surface area contributed by atoms with Gasteiger partial charge in [-0.3, -0.25) is 14.4 Å². The van der Waals surface area contributed by atoms with Crippen LogP contribution in [0.15, 0.2) is 30.4 Å². The molecule has 1 aromatic rings. The predicted octanol–water partition coefficient (Wildman–Crippen LogP) is 4.46. The fraction of sp³-hybridized carbons (Fsp3) is 0.676. The second-order valence-corrected chi connectivity index (χ2v) is 13.5. The predicted molar refractivity (Wildman–Crippen MR) is 165 cm³/mol. The molecule has 0 unspecified atom stereocenters. The van der Waals surface area contributed by atoms with Gasteiger partial charge in [0.2, 0.25) is 17.7 Å². The van der Waals surface area contributed by atoms with Gasteiger partial charge in [0.05, 0.1) is 17.9 Å². The number of carbonyl (C=O) groups is 3. The number of carbonyl (C=O) groups excluding carboxylic acids is 3. The van der Waals surface area contributed by atoms with Gasteiger partial charge in [-0.25, -0.2) is 0 Å². The molecule has 5 rings (SSSR count). The third-order valence-corrected chi connectivity index (χ3v) is 10.3. The van der Waals surface area contributed by atoms with E-state index in [2.05, 4.69) is 49.4 Å². The minimum atomic E-state index is -1.13. The van der Waals surface area contributed by atoms with Gasteiger partial charge in [-0.05, 0) is 88.3 Å². The van der Waals surface area contributed by atoms with Crippen LogP contribution >= 0.6 is 0 Å². The van der Waals surface area contributed by atoms with E-state index in [4.69, 9.17) is 4.74 Å². The Labute approximate surface area is 251 Å². The van der Waals surface area contributed by atoms with E-state index < -0.39 is 29.6 Å². The summed E-state index contributed by atoms with van der Waals surface area (Å²) >= 11 is 0. The number of ether oxygens (including phenoxy) is 1. The summed E-state index contributed by atoms with van der Waals surface area (Å²) in [6, 6.07) is 5.21. The minimum absolute atomic E-state index is 0.0695. The molecule has 3 amide bonds. The Kier molecular flexibility index (Phi) is 9.14. The van der Waals surface area contributed by atoms with Gasteiger partial charge >= 0.3 is 0 Å². The molecule has 3 aliphatic heterocycles. The van der Waals surface area contributed by atoms with E-state index in [0.717, 1.165) is 56.3 Å². The lowest BCUT2D eigenvalue weighted by Gasteiger charge is -2.38. The van der Waals surface area contributed by atoms with Crippen molar-refractivity contribution in [1.29, 1.82) is 0 Å². The molecule has 42 heavy (non-hydrogen) atoms. The van der Waals surface area contributed by atoms with Crippen molar-refractivity contribution in [2.75, 3.05) is 32.0 Å². The van der Waals surface area contributed by atoms with Gasteiger partial charge in [0.1, 0.15) is 11.6 Å². The van der Waals surface area contributed by atoms with Crippen LogP contribution in [-0.2, 0) is 19.1 Å². The number of rotatable bonds is 11. The average Bonchev–Trinajstić information content (AvgIpc) is 3.57. The van der Waals surface area contributed by atoms with Gasteiger partial charge in [-0.15, -0.1) is 0 Å². The molecule has 8 atom stereocenters. The number of aryl methyl sites for hydroxylation is 2. The van der Waals surface area contributed by atoms with Gasteiger partial charge in [0.25, 0.3) is 0 Å². The monoisotopic (exact) mass is 578 g/mol. The van der Waals surface area contributed by atoms with Gasteiger partial charge in [0.15, 0.2) is 0 Å². The molecule has 8 heteroatoms. The maximum atomic E-state index is 14.3. The topological polar surface area (TPSA) is 91.0 Å². The summed E-state index contributed by atoms with van der Waals surface area (Å²) in [6.45, 7) is 12.9.